The quantitative estimate of drug-likeness (QED) is 0.722. The Bertz CT molecular complexity index is 994. The van der Waals surface area contributed by atoms with E-state index >= 15 is 0 Å². The SMILES string of the molecule is O=C(O)n1c(-c2ccc(O)cc2)cc(=O)c2cc(F)c(F)cc21. The molecule has 0 fully saturated rings. The molecule has 7 heteroatoms. The van der Waals surface area contributed by atoms with Crippen LogP contribution in [0.2, 0.25) is 0 Å². The van der Waals surface area contributed by atoms with Gasteiger partial charge in [0.2, 0.25) is 0 Å². The highest BCUT2D eigenvalue weighted by molar-refractivity contribution is 5.92. The van der Waals surface area contributed by atoms with Crippen LogP contribution < -0.4 is 5.43 Å². The van der Waals surface area contributed by atoms with E-state index < -0.39 is 23.2 Å². The standard InChI is InChI=1S/C16H9F2NO4/c17-11-5-10-14(6-12(11)18)19(16(22)23)13(7-15(10)21)8-1-3-9(20)4-2-8/h1-7,20H,(H,22,23). The van der Waals surface area contributed by atoms with Crippen molar-refractivity contribution in [2.75, 3.05) is 0 Å². The van der Waals surface area contributed by atoms with Crippen molar-refractivity contribution in [3.63, 3.8) is 0 Å². The lowest BCUT2D eigenvalue weighted by Crippen LogP contribution is -2.18. The number of carboxylic acid groups (broad SMARTS) is 1. The van der Waals surface area contributed by atoms with Crippen LogP contribution in [-0.4, -0.2) is 20.9 Å². The van der Waals surface area contributed by atoms with E-state index in [1.165, 1.54) is 24.3 Å². The number of aromatic nitrogens is 1. The maximum Gasteiger partial charge on any atom is 0.416 e. The summed E-state index contributed by atoms with van der Waals surface area (Å²) in [4.78, 5) is 23.7. The lowest BCUT2D eigenvalue weighted by atomic mass is 10.1. The Morgan fingerprint density at radius 2 is 1.61 bits per heavy atom. The van der Waals surface area contributed by atoms with Crippen molar-refractivity contribution < 1.29 is 23.8 Å². The van der Waals surface area contributed by atoms with Crippen molar-refractivity contribution in [3.05, 3.63) is 64.3 Å². The third-order valence-electron chi connectivity index (χ3n) is 3.41. The number of phenols is 1. The first-order valence-corrected chi connectivity index (χ1v) is 6.46. The number of halogens is 2. The number of carbonyl (C=O) groups is 1. The number of hydrogen-bond donors (Lipinski definition) is 2. The highest BCUT2D eigenvalue weighted by Crippen LogP contribution is 2.25. The molecule has 0 spiro atoms. The highest BCUT2D eigenvalue weighted by atomic mass is 19.2. The molecule has 0 unspecified atom stereocenters. The van der Waals surface area contributed by atoms with Gasteiger partial charge in [-0.3, -0.25) is 4.79 Å². The zero-order chi connectivity index (χ0) is 16.7. The monoisotopic (exact) mass is 317 g/mol. The number of pyridine rings is 1. The van der Waals surface area contributed by atoms with E-state index in [0.717, 1.165) is 6.07 Å². The summed E-state index contributed by atoms with van der Waals surface area (Å²) in [7, 11) is 0. The van der Waals surface area contributed by atoms with E-state index in [1.54, 1.807) is 0 Å². The molecule has 3 aromatic rings. The molecule has 2 N–H and O–H groups in total. The topological polar surface area (TPSA) is 79.5 Å². The van der Waals surface area contributed by atoms with E-state index in [4.69, 9.17) is 0 Å². The van der Waals surface area contributed by atoms with Crippen molar-refractivity contribution in [2.45, 2.75) is 0 Å². The molecule has 0 atom stereocenters. The predicted molar refractivity (Wildman–Crippen MR) is 78.6 cm³/mol. The van der Waals surface area contributed by atoms with E-state index in [9.17, 15) is 28.6 Å². The van der Waals surface area contributed by atoms with Gasteiger partial charge < -0.3 is 10.2 Å². The summed E-state index contributed by atoms with van der Waals surface area (Å²) >= 11 is 0. The fourth-order valence-corrected chi connectivity index (χ4v) is 2.37. The second kappa shape index (κ2) is 5.20. The zero-order valence-corrected chi connectivity index (χ0v) is 11.5. The fourth-order valence-electron chi connectivity index (χ4n) is 2.37. The van der Waals surface area contributed by atoms with Crippen LogP contribution in [0, 0.1) is 11.6 Å². The second-order valence-corrected chi connectivity index (χ2v) is 4.84. The summed E-state index contributed by atoms with van der Waals surface area (Å²) in [6, 6.07) is 7.84. The third kappa shape index (κ3) is 2.42. The number of aromatic hydroxyl groups is 1. The average molecular weight is 317 g/mol. The van der Waals surface area contributed by atoms with Gasteiger partial charge in [0.05, 0.1) is 11.2 Å². The molecule has 1 aromatic heterocycles. The smallest absolute Gasteiger partial charge is 0.416 e. The summed E-state index contributed by atoms with van der Waals surface area (Å²) in [6.07, 6.45) is -1.45. The van der Waals surface area contributed by atoms with Gasteiger partial charge in [0.15, 0.2) is 17.1 Å². The summed E-state index contributed by atoms with van der Waals surface area (Å²) in [6.45, 7) is 0. The first kappa shape index (κ1) is 14.7. The molecule has 0 aliphatic heterocycles. The van der Waals surface area contributed by atoms with Crippen LogP contribution in [-0.2, 0) is 0 Å². The molecule has 1 heterocycles. The normalized spacial score (nSPS) is 10.9. The van der Waals surface area contributed by atoms with Crippen molar-refractivity contribution in [1.29, 1.82) is 0 Å². The highest BCUT2D eigenvalue weighted by Gasteiger charge is 2.18. The summed E-state index contributed by atoms with van der Waals surface area (Å²) < 4.78 is 27.5. The molecule has 23 heavy (non-hydrogen) atoms. The molecular formula is C16H9F2NO4. The summed E-state index contributed by atoms with van der Waals surface area (Å²) in [5.74, 6) is -2.52. The minimum atomic E-state index is -1.45. The van der Waals surface area contributed by atoms with Gasteiger partial charge in [-0.15, -0.1) is 0 Å². The minimum Gasteiger partial charge on any atom is -0.508 e. The minimum absolute atomic E-state index is 0.0130. The number of nitrogens with zero attached hydrogens (tertiary/aromatic N) is 1. The molecule has 0 radical (unpaired) electrons. The van der Waals surface area contributed by atoms with Crippen LogP contribution in [0.3, 0.4) is 0 Å². The maximum atomic E-state index is 13.5. The molecule has 0 aliphatic rings. The van der Waals surface area contributed by atoms with Crippen molar-refractivity contribution in [3.8, 4) is 17.0 Å². The van der Waals surface area contributed by atoms with Crippen LogP contribution in [0.15, 0.2) is 47.3 Å². The lowest BCUT2D eigenvalue weighted by Gasteiger charge is -2.13. The molecule has 3 rings (SSSR count). The van der Waals surface area contributed by atoms with Gasteiger partial charge in [-0.05, 0) is 35.9 Å². The molecule has 5 nitrogen and oxygen atoms in total. The molecule has 0 saturated carbocycles. The molecule has 0 amide bonds. The van der Waals surface area contributed by atoms with Crippen LogP contribution in [0.25, 0.3) is 22.2 Å². The zero-order valence-electron chi connectivity index (χ0n) is 11.5. The van der Waals surface area contributed by atoms with Gasteiger partial charge in [-0.2, -0.15) is 0 Å². The van der Waals surface area contributed by atoms with Gasteiger partial charge in [0.1, 0.15) is 5.75 Å². The van der Waals surface area contributed by atoms with E-state index in [2.05, 4.69) is 0 Å². The van der Waals surface area contributed by atoms with Gasteiger partial charge >= 0.3 is 6.09 Å². The Balaban J connectivity index is 2.45. The predicted octanol–water partition coefficient (Wildman–Crippen LogP) is 3.18. The van der Waals surface area contributed by atoms with Crippen molar-refractivity contribution >= 4 is 17.0 Å². The number of hydrogen-bond acceptors (Lipinski definition) is 3. The summed E-state index contributed by atoms with van der Waals surface area (Å²) in [5, 5.41) is 18.5. The van der Waals surface area contributed by atoms with Crippen LogP contribution in [0.5, 0.6) is 5.75 Å². The van der Waals surface area contributed by atoms with Crippen LogP contribution in [0.4, 0.5) is 13.6 Å². The second-order valence-electron chi connectivity index (χ2n) is 4.84. The number of fused-ring (bicyclic) bond motifs is 1. The maximum absolute atomic E-state index is 13.5. The fraction of sp³-hybridized carbons (Fsp3) is 0. The Kier molecular flexibility index (Phi) is 3.33. The molecule has 0 bridgehead atoms. The molecule has 0 saturated heterocycles. The molecular weight excluding hydrogens is 308 g/mol. The first-order valence-electron chi connectivity index (χ1n) is 6.46. The van der Waals surface area contributed by atoms with Crippen LogP contribution in [0.1, 0.15) is 0 Å². The lowest BCUT2D eigenvalue weighted by molar-refractivity contribution is 0.197. The molecule has 0 aliphatic carbocycles. The number of phenolic OH excluding ortho intramolecular Hbond substituents is 1. The largest absolute Gasteiger partial charge is 0.508 e. The Labute approximate surface area is 127 Å². The van der Waals surface area contributed by atoms with Gasteiger partial charge in [-0.1, -0.05) is 0 Å². The molecule has 2 aromatic carbocycles. The Morgan fingerprint density at radius 1 is 1.00 bits per heavy atom. The van der Waals surface area contributed by atoms with Gasteiger partial charge in [-0.25, -0.2) is 18.1 Å². The summed E-state index contributed by atoms with van der Waals surface area (Å²) in [5.41, 5.74) is -0.582. The third-order valence-corrected chi connectivity index (χ3v) is 3.41. The first-order chi connectivity index (χ1) is 10.9. The van der Waals surface area contributed by atoms with Crippen molar-refractivity contribution in [1.82, 2.24) is 4.57 Å². The van der Waals surface area contributed by atoms with Crippen molar-refractivity contribution in [2.24, 2.45) is 0 Å². The van der Waals surface area contributed by atoms with Crippen LogP contribution >= 0.6 is 0 Å². The van der Waals surface area contributed by atoms with E-state index in [0.29, 0.717) is 22.3 Å². The van der Waals surface area contributed by atoms with Gasteiger partial charge in [0, 0.05) is 17.5 Å². The van der Waals surface area contributed by atoms with E-state index in [1.807, 2.05) is 0 Å². The Morgan fingerprint density at radius 3 is 2.22 bits per heavy atom. The van der Waals surface area contributed by atoms with E-state index in [-0.39, 0.29) is 22.3 Å². The van der Waals surface area contributed by atoms with Gasteiger partial charge in [0.25, 0.3) is 0 Å². The number of rotatable bonds is 1. The Hall–Kier alpha value is -3.22. The molecule has 116 valence electrons. The number of benzene rings is 2. The average Bonchev–Trinajstić information content (AvgIpc) is 2.49.